The van der Waals surface area contributed by atoms with Gasteiger partial charge < -0.3 is 10.0 Å². The van der Waals surface area contributed by atoms with Gasteiger partial charge in [0.15, 0.2) is 0 Å². The van der Waals surface area contributed by atoms with Gasteiger partial charge >= 0.3 is 0 Å². The third kappa shape index (κ3) is 5.66. The highest BCUT2D eigenvalue weighted by Gasteiger charge is 2.19. The Hall–Kier alpha value is -1.00. The summed E-state index contributed by atoms with van der Waals surface area (Å²) in [6, 6.07) is 2.89. The van der Waals surface area contributed by atoms with E-state index in [1.165, 1.54) is 25.3 Å². The van der Waals surface area contributed by atoms with Crippen LogP contribution in [0, 0.1) is 11.7 Å². The number of pyridine rings is 1. The van der Waals surface area contributed by atoms with E-state index in [2.05, 4.69) is 23.9 Å². The largest absolute Gasteiger partial charge is 0.386 e. The number of hydrogen-bond acceptors (Lipinski definition) is 3. The minimum Gasteiger partial charge on any atom is -0.386 e. The van der Waals surface area contributed by atoms with Crippen molar-refractivity contribution in [2.75, 3.05) is 20.1 Å². The number of aliphatic hydroxyl groups is 1. The minimum absolute atomic E-state index is 0.0737. The van der Waals surface area contributed by atoms with E-state index in [0.29, 0.717) is 5.69 Å². The summed E-state index contributed by atoms with van der Waals surface area (Å²) >= 11 is 0. The molecule has 19 heavy (non-hydrogen) atoms. The lowest BCUT2D eigenvalue weighted by Crippen LogP contribution is -2.28. The van der Waals surface area contributed by atoms with Crippen molar-refractivity contribution in [1.82, 2.24) is 9.88 Å². The van der Waals surface area contributed by atoms with Crippen LogP contribution >= 0.6 is 0 Å². The van der Waals surface area contributed by atoms with Crippen molar-refractivity contribution >= 4 is 0 Å². The number of aromatic nitrogens is 1. The second kappa shape index (κ2) is 8.23. The SMILES string of the molecule is CCCCCN(C)CC(C)C(O)c1ccc(F)cn1. The summed E-state index contributed by atoms with van der Waals surface area (Å²) in [7, 11) is 2.07. The molecule has 0 aromatic carbocycles. The summed E-state index contributed by atoms with van der Waals surface area (Å²) in [4.78, 5) is 6.17. The highest BCUT2D eigenvalue weighted by molar-refractivity contribution is 5.08. The molecule has 0 amide bonds. The number of nitrogens with zero attached hydrogens (tertiary/aromatic N) is 2. The van der Waals surface area contributed by atoms with Crippen LogP contribution in [0.3, 0.4) is 0 Å². The molecule has 0 spiro atoms. The van der Waals surface area contributed by atoms with E-state index >= 15 is 0 Å². The van der Waals surface area contributed by atoms with Crippen LogP contribution in [0.5, 0.6) is 0 Å². The smallest absolute Gasteiger partial charge is 0.141 e. The summed E-state index contributed by atoms with van der Waals surface area (Å²) in [6.45, 7) is 6.03. The molecule has 0 aliphatic rings. The molecule has 108 valence electrons. The van der Waals surface area contributed by atoms with Crippen molar-refractivity contribution in [3.05, 3.63) is 29.8 Å². The van der Waals surface area contributed by atoms with E-state index in [1.54, 1.807) is 6.07 Å². The summed E-state index contributed by atoms with van der Waals surface area (Å²) in [5.74, 6) is -0.301. The van der Waals surface area contributed by atoms with Gasteiger partial charge in [0.1, 0.15) is 5.82 Å². The van der Waals surface area contributed by atoms with Crippen molar-refractivity contribution in [2.45, 2.75) is 39.2 Å². The highest BCUT2D eigenvalue weighted by atomic mass is 19.1. The third-order valence-electron chi connectivity index (χ3n) is 3.34. The van der Waals surface area contributed by atoms with Crippen LogP contribution in [-0.4, -0.2) is 35.1 Å². The van der Waals surface area contributed by atoms with Gasteiger partial charge in [-0.1, -0.05) is 26.7 Å². The first-order valence-corrected chi connectivity index (χ1v) is 7.02. The number of halogens is 1. The normalized spacial score (nSPS) is 14.6. The molecule has 1 heterocycles. The fourth-order valence-corrected chi connectivity index (χ4v) is 2.17. The van der Waals surface area contributed by atoms with Gasteiger partial charge in [0, 0.05) is 12.5 Å². The van der Waals surface area contributed by atoms with Crippen LogP contribution in [0.4, 0.5) is 4.39 Å². The molecule has 0 saturated heterocycles. The molecule has 1 aromatic heterocycles. The van der Waals surface area contributed by atoms with Crippen molar-refractivity contribution in [1.29, 1.82) is 0 Å². The highest BCUT2D eigenvalue weighted by Crippen LogP contribution is 2.20. The molecule has 1 rings (SSSR count). The van der Waals surface area contributed by atoms with Crippen molar-refractivity contribution in [3.8, 4) is 0 Å². The number of hydrogen-bond donors (Lipinski definition) is 1. The lowest BCUT2D eigenvalue weighted by molar-refractivity contribution is 0.0908. The quantitative estimate of drug-likeness (QED) is 0.736. The predicted molar refractivity (Wildman–Crippen MR) is 75.3 cm³/mol. The van der Waals surface area contributed by atoms with Crippen molar-refractivity contribution in [2.24, 2.45) is 5.92 Å². The van der Waals surface area contributed by atoms with Crippen LogP contribution in [0.25, 0.3) is 0 Å². The Bertz CT molecular complexity index is 356. The van der Waals surface area contributed by atoms with Gasteiger partial charge in [0.2, 0.25) is 0 Å². The van der Waals surface area contributed by atoms with Gasteiger partial charge in [0.05, 0.1) is 18.0 Å². The zero-order chi connectivity index (χ0) is 14.3. The summed E-state index contributed by atoms with van der Waals surface area (Å²) in [6.07, 6.45) is 4.14. The van der Waals surface area contributed by atoms with Gasteiger partial charge in [-0.05, 0) is 32.1 Å². The molecule has 2 unspecified atom stereocenters. The Labute approximate surface area is 115 Å². The molecule has 0 aliphatic carbocycles. The monoisotopic (exact) mass is 268 g/mol. The number of aliphatic hydroxyl groups excluding tert-OH is 1. The Morgan fingerprint density at radius 2 is 2.11 bits per heavy atom. The second-order valence-electron chi connectivity index (χ2n) is 5.29. The van der Waals surface area contributed by atoms with Crippen LogP contribution in [0.2, 0.25) is 0 Å². The molecule has 0 aliphatic heterocycles. The van der Waals surface area contributed by atoms with E-state index < -0.39 is 6.10 Å². The zero-order valence-electron chi connectivity index (χ0n) is 12.1. The van der Waals surface area contributed by atoms with Crippen LogP contribution in [0.15, 0.2) is 18.3 Å². The predicted octanol–water partition coefficient (Wildman–Crippen LogP) is 3.01. The van der Waals surface area contributed by atoms with E-state index in [1.807, 2.05) is 6.92 Å². The summed E-state index contributed by atoms with van der Waals surface area (Å²) in [5.41, 5.74) is 0.538. The lowest BCUT2D eigenvalue weighted by atomic mass is 10.0. The maximum absolute atomic E-state index is 12.8. The Morgan fingerprint density at radius 1 is 1.37 bits per heavy atom. The van der Waals surface area contributed by atoms with E-state index in [4.69, 9.17) is 0 Å². The van der Waals surface area contributed by atoms with Gasteiger partial charge in [-0.15, -0.1) is 0 Å². The molecular weight excluding hydrogens is 243 g/mol. The van der Waals surface area contributed by atoms with E-state index in [-0.39, 0.29) is 11.7 Å². The van der Waals surface area contributed by atoms with Crippen LogP contribution in [0.1, 0.15) is 44.9 Å². The van der Waals surface area contributed by atoms with Crippen LogP contribution in [-0.2, 0) is 0 Å². The van der Waals surface area contributed by atoms with Gasteiger partial charge in [-0.3, -0.25) is 4.98 Å². The molecule has 1 N–H and O–H groups in total. The Morgan fingerprint density at radius 3 is 2.68 bits per heavy atom. The second-order valence-corrected chi connectivity index (χ2v) is 5.29. The maximum atomic E-state index is 12.8. The molecule has 0 saturated carbocycles. The third-order valence-corrected chi connectivity index (χ3v) is 3.34. The Kier molecular flexibility index (Phi) is 6.95. The number of rotatable bonds is 8. The molecule has 4 heteroatoms. The zero-order valence-corrected chi connectivity index (χ0v) is 12.1. The average Bonchev–Trinajstić information content (AvgIpc) is 2.39. The van der Waals surface area contributed by atoms with Crippen molar-refractivity contribution < 1.29 is 9.50 Å². The van der Waals surface area contributed by atoms with Crippen LogP contribution < -0.4 is 0 Å². The first-order valence-electron chi connectivity index (χ1n) is 7.02. The topological polar surface area (TPSA) is 36.4 Å². The maximum Gasteiger partial charge on any atom is 0.141 e. The van der Waals surface area contributed by atoms with E-state index in [9.17, 15) is 9.50 Å². The molecule has 2 atom stereocenters. The van der Waals surface area contributed by atoms with Gasteiger partial charge in [-0.25, -0.2) is 4.39 Å². The Balaban J connectivity index is 2.43. The van der Waals surface area contributed by atoms with Crippen molar-refractivity contribution in [3.63, 3.8) is 0 Å². The first kappa shape index (κ1) is 16.1. The first-order chi connectivity index (χ1) is 9.04. The molecule has 3 nitrogen and oxygen atoms in total. The fourth-order valence-electron chi connectivity index (χ4n) is 2.17. The summed E-state index contributed by atoms with van der Waals surface area (Å²) in [5, 5.41) is 10.2. The van der Waals surface area contributed by atoms with E-state index in [0.717, 1.165) is 19.3 Å². The number of unbranched alkanes of at least 4 members (excludes halogenated alkanes) is 2. The standard InChI is InChI=1S/C15H25FN2O/c1-4-5-6-9-18(3)11-12(2)15(19)14-8-7-13(16)10-17-14/h7-8,10,12,15,19H,4-6,9,11H2,1-3H3. The molecular formula is C15H25FN2O. The van der Waals surface area contributed by atoms with Gasteiger partial charge in [0.25, 0.3) is 0 Å². The molecule has 1 aromatic rings. The molecule has 0 fully saturated rings. The molecule has 0 bridgehead atoms. The lowest BCUT2D eigenvalue weighted by Gasteiger charge is -2.24. The fraction of sp³-hybridized carbons (Fsp3) is 0.667. The minimum atomic E-state index is -0.644. The molecule has 0 radical (unpaired) electrons. The van der Waals surface area contributed by atoms with Gasteiger partial charge in [-0.2, -0.15) is 0 Å². The average molecular weight is 268 g/mol. The summed E-state index contributed by atoms with van der Waals surface area (Å²) < 4.78 is 12.8.